The third-order valence-corrected chi connectivity index (χ3v) is 3.90. The van der Waals surface area contributed by atoms with Crippen molar-refractivity contribution in [1.82, 2.24) is 15.5 Å². The SMILES string of the molecule is CC(C)(C)Cc1noc2nc(C3CC3)cc(C(=O)NCCN)c12. The number of carbonyl (C=O) groups is 1. The molecule has 0 aromatic carbocycles. The molecule has 0 saturated heterocycles. The minimum absolute atomic E-state index is 0.0456. The predicted octanol–water partition coefficient (Wildman–Crippen LogP) is 2.38. The van der Waals surface area contributed by atoms with Crippen molar-refractivity contribution in [3.05, 3.63) is 23.0 Å². The molecule has 1 saturated carbocycles. The van der Waals surface area contributed by atoms with Crippen LogP contribution in [0, 0.1) is 5.41 Å². The van der Waals surface area contributed by atoms with E-state index in [-0.39, 0.29) is 11.3 Å². The molecule has 0 spiro atoms. The van der Waals surface area contributed by atoms with Crippen molar-refractivity contribution in [2.45, 2.75) is 46.0 Å². The van der Waals surface area contributed by atoms with Crippen molar-refractivity contribution in [1.29, 1.82) is 0 Å². The molecular weight excluding hydrogens is 292 g/mol. The summed E-state index contributed by atoms with van der Waals surface area (Å²) in [5.74, 6) is 0.305. The zero-order chi connectivity index (χ0) is 16.6. The highest BCUT2D eigenvalue weighted by Crippen LogP contribution is 2.40. The molecular formula is C17H24N4O2. The second-order valence-corrected chi connectivity index (χ2v) is 7.46. The van der Waals surface area contributed by atoms with Crippen LogP contribution in [0.5, 0.6) is 0 Å². The standard InChI is InChI=1S/C17H24N4O2/c1-17(2,3)9-13-14-11(15(22)19-7-6-18)8-12(10-4-5-10)20-16(14)23-21-13/h8,10H,4-7,9,18H2,1-3H3,(H,19,22). The van der Waals surface area contributed by atoms with Gasteiger partial charge >= 0.3 is 0 Å². The summed E-state index contributed by atoms with van der Waals surface area (Å²) in [6.45, 7) is 7.25. The first-order valence-electron chi connectivity index (χ1n) is 8.16. The number of rotatable bonds is 5. The van der Waals surface area contributed by atoms with Crippen molar-refractivity contribution >= 4 is 17.0 Å². The van der Waals surface area contributed by atoms with Gasteiger partial charge in [0.2, 0.25) is 0 Å². The predicted molar refractivity (Wildman–Crippen MR) is 88.3 cm³/mol. The Morgan fingerprint density at radius 1 is 1.43 bits per heavy atom. The van der Waals surface area contributed by atoms with Crippen LogP contribution in [0.4, 0.5) is 0 Å². The fourth-order valence-electron chi connectivity index (χ4n) is 2.70. The molecule has 1 fully saturated rings. The smallest absolute Gasteiger partial charge is 0.259 e. The monoisotopic (exact) mass is 316 g/mol. The molecule has 6 nitrogen and oxygen atoms in total. The number of nitrogens with zero attached hydrogens (tertiary/aromatic N) is 2. The number of pyridine rings is 1. The van der Waals surface area contributed by atoms with Crippen molar-refractivity contribution in [3.8, 4) is 0 Å². The summed E-state index contributed by atoms with van der Waals surface area (Å²) in [5.41, 5.74) is 8.32. The summed E-state index contributed by atoms with van der Waals surface area (Å²) in [7, 11) is 0. The van der Waals surface area contributed by atoms with Gasteiger partial charge in [-0.3, -0.25) is 4.79 Å². The van der Waals surface area contributed by atoms with Crippen LogP contribution in [0.25, 0.3) is 11.1 Å². The van der Waals surface area contributed by atoms with E-state index in [1.165, 1.54) is 0 Å². The van der Waals surface area contributed by atoms with Crippen LogP contribution in [0.2, 0.25) is 0 Å². The molecule has 3 rings (SSSR count). The van der Waals surface area contributed by atoms with E-state index in [4.69, 9.17) is 10.3 Å². The number of hydrogen-bond donors (Lipinski definition) is 2. The van der Waals surface area contributed by atoms with Gasteiger partial charge in [0.1, 0.15) is 0 Å². The largest absolute Gasteiger partial charge is 0.351 e. The molecule has 6 heteroatoms. The first kappa shape index (κ1) is 15.9. The van der Waals surface area contributed by atoms with Crippen LogP contribution in [0.3, 0.4) is 0 Å². The van der Waals surface area contributed by atoms with Gasteiger partial charge in [0.05, 0.1) is 16.6 Å². The maximum Gasteiger partial charge on any atom is 0.259 e. The number of nitrogens with one attached hydrogen (secondary N) is 1. The summed E-state index contributed by atoms with van der Waals surface area (Å²) in [6, 6.07) is 1.90. The molecule has 3 N–H and O–H groups in total. The molecule has 1 aliphatic rings. The maximum absolute atomic E-state index is 12.6. The minimum atomic E-state index is -0.136. The van der Waals surface area contributed by atoms with E-state index in [0.717, 1.165) is 36.0 Å². The van der Waals surface area contributed by atoms with E-state index < -0.39 is 0 Å². The Morgan fingerprint density at radius 2 is 2.17 bits per heavy atom. The van der Waals surface area contributed by atoms with Crippen LogP contribution in [0.1, 0.15) is 61.3 Å². The van der Waals surface area contributed by atoms with Gasteiger partial charge in [0.25, 0.3) is 11.6 Å². The molecule has 1 aliphatic carbocycles. The zero-order valence-electron chi connectivity index (χ0n) is 14.0. The van der Waals surface area contributed by atoms with Crippen molar-refractivity contribution in [2.24, 2.45) is 11.1 Å². The van der Waals surface area contributed by atoms with E-state index in [1.54, 1.807) is 0 Å². The number of carbonyl (C=O) groups excluding carboxylic acids is 1. The lowest BCUT2D eigenvalue weighted by Crippen LogP contribution is -2.29. The molecule has 23 heavy (non-hydrogen) atoms. The van der Waals surface area contributed by atoms with Crippen LogP contribution >= 0.6 is 0 Å². The summed E-state index contributed by atoms with van der Waals surface area (Å²) in [5, 5.41) is 7.76. The average molecular weight is 316 g/mol. The molecule has 2 aromatic heterocycles. The molecule has 2 heterocycles. The van der Waals surface area contributed by atoms with Gasteiger partial charge in [-0.2, -0.15) is 0 Å². The van der Waals surface area contributed by atoms with Gasteiger partial charge in [-0.05, 0) is 30.7 Å². The summed E-state index contributed by atoms with van der Waals surface area (Å²) < 4.78 is 5.44. The fraction of sp³-hybridized carbons (Fsp3) is 0.588. The lowest BCUT2D eigenvalue weighted by molar-refractivity contribution is 0.0956. The van der Waals surface area contributed by atoms with Crippen LogP contribution in [-0.4, -0.2) is 29.1 Å². The molecule has 124 valence electrons. The molecule has 0 unspecified atom stereocenters. The number of aromatic nitrogens is 2. The van der Waals surface area contributed by atoms with Gasteiger partial charge in [-0.25, -0.2) is 4.98 Å². The lowest BCUT2D eigenvalue weighted by Gasteiger charge is -2.16. The highest BCUT2D eigenvalue weighted by Gasteiger charge is 2.29. The summed E-state index contributed by atoms with van der Waals surface area (Å²) >= 11 is 0. The van der Waals surface area contributed by atoms with Gasteiger partial charge in [-0.1, -0.05) is 25.9 Å². The Bertz CT molecular complexity index is 726. The fourth-order valence-corrected chi connectivity index (χ4v) is 2.70. The molecule has 1 amide bonds. The Kier molecular flexibility index (Phi) is 4.10. The van der Waals surface area contributed by atoms with Crippen LogP contribution < -0.4 is 11.1 Å². The molecule has 0 aliphatic heterocycles. The lowest BCUT2D eigenvalue weighted by atomic mass is 9.89. The Labute approximate surface area is 135 Å². The van der Waals surface area contributed by atoms with Crippen molar-refractivity contribution in [3.63, 3.8) is 0 Å². The third-order valence-electron chi connectivity index (χ3n) is 3.90. The normalized spacial score (nSPS) is 15.1. The van der Waals surface area contributed by atoms with Crippen molar-refractivity contribution in [2.75, 3.05) is 13.1 Å². The highest BCUT2D eigenvalue weighted by atomic mass is 16.5. The quantitative estimate of drug-likeness (QED) is 0.883. The first-order valence-corrected chi connectivity index (χ1v) is 8.16. The van der Waals surface area contributed by atoms with E-state index in [2.05, 4.69) is 36.2 Å². The van der Waals surface area contributed by atoms with Gasteiger partial charge in [0, 0.05) is 24.7 Å². The van der Waals surface area contributed by atoms with Gasteiger partial charge < -0.3 is 15.6 Å². The summed E-state index contributed by atoms with van der Waals surface area (Å²) in [6.07, 6.45) is 2.96. The van der Waals surface area contributed by atoms with Gasteiger partial charge in [0.15, 0.2) is 0 Å². The average Bonchev–Trinajstić information content (AvgIpc) is 3.26. The Hall–Kier alpha value is -1.95. The molecule has 0 bridgehead atoms. The van der Waals surface area contributed by atoms with Crippen LogP contribution in [-0.2, 0) is 6.42 Å². The van der Waals surface area contributed by atoms with E-state index in [9.17, 15) is 4.79 Å². The third kappa shape index (κ3) is 3.52. The van der Waals surface area contributed by atoms with Gasteiger partial charge in [-0.15, -0.1) is 0 Å². The van der Waals surface area contributed by atoms with E-state index >= 15 is 0 Å². The van der Waals surface area contributed by atoms with Crippen molar-refractivity contribution < 1.29 is 9.32 Å². The summed E-state index contributed by atoms with van der Waals surface area (Å²) in [4.78, 5) is 17.1. The Morgan fingerprint density at radius 3 is 2.78 bits per heavy atom. The first-order chi connectivity index (χ1) is 10.9. The Balaban J connectivity index is 2.08. The second kappa shape index (κ2) is 5.92. The molecule has 0 atom stereocenters. The van der Waals surface area contributed by atoms with E-state index in [0.29, 0.717) is 30.3 Å². The zero-order valence-corrected chi connectivity index (χ0v) is 14.0. The molecule has 2 aromatic rings. The number of hydrogen-bond acceptors (Lipinski definition) is 5. The number of fused-ring (bicyclic) bond motifs is 1. The highest BCUT2D eigenvalue weighted by molar-refractivity contribution is 6.06. The minimum Gasteiger partial charge on any atom is -0.351 e. The van der Waals surface area contributed by atoms with Crippen LogP contribution in [0.15, 0.2) is 10.6 Å². The number of nitrogens with two attached hydrogens (primary N) is 1. The second-order valence-electron chi connectivity index (χ2n) is 7.46. The maximum atomic E-state index is 12.6. The molecule has 0 radical (unpaired) electrons. The topological polar surface area (TPSA) is 94.0 Å². The number of amides is 1. The van der Waals surface area contributed by atoms with E-state index in [1.807, 2.05) is 6.07 Å².